The molecule has 1 aromatic heterocycles. The van der Waals surface area contributed by atoms with Crippen molar-refractivity contribution in [3.63, 3.8) is 0 Å². The maximum Gasteiger partial charge on any atom is 0.224 e. The van der Waals surface area contributed by atoms with Crippen LogP contribution in [0, 0.1) is 5.41 Å². The molecule has 7 nitrogen and oxygen atoms in total. The average molecular weight is 362 g/mol. The fourth-order valence-corrected chi connectivity index (χ4v) is 4.22. The van der Waals surface area contributed by atoms with Crippen LogP contribution in [0.1, 0.15) is 51.5 Å². The molecule has 0 bridgehead atoms. The molecule has 0 aliphatic carbocycles. The number of hydrogen-bond acceptors (Lipinski definition) is 4. The fraction of sp³-hybridized carbons (Fsp3) is 0.737. The second kappa shape index (κ2) is 8.20. The summed E-state index contributed by atoms with van der Waals surface area (Å²) >= 11 is 0. The Morgan fingerprint density at radius 2 is 2.12 bits per heavy atom. The summed E-state index contributed by atoms with van der Waals surface area (Å²) in [6.07, 6.45) is 9.95. The van der Waals surface area contributed by atoms with Crippen LogP contribution < -0.4 is 0 Å². The van der Waals surface area contributed by atoms with Crippen molar-refractivity contribution in [2.24, 2.45) is 5.41 Å². The summed E-state index contributed by atoms with van der Waals surface area (Å²) in [5.41, 5.74) is 0.149. The number of amides is 2. The molecule has 26 heavy (non-hydrogen) atoms. The number of rotatable bonds is 6. The molecular formula is C19H30N4O3. The van der Waals surface area contributed by atoms with Crippen LogP contribution in [0.3, 0.4) is 0 Å². The summed E-state index contributed by atoms with van der Waals surface area (Å²) in [6, 6.07) is 0.113. The van der Waals surface area contributed by atoms with Crippen molar-refractivity contribution in [2.45, 2.75) is 51.5 Å². The number of nitrogens with zero attached hydrogens (tertiary/aromatic N) is 4. The molecule has 0 saturated carbocycles. The lowest BCUT2D eigenvalue weighted by Crippen LogP contribution is -2.52. The summed E-state index contributed by atoms with van der Waals surface area (Å²) in [4.78, 5) is 32.7. The predicted molar refractivity (Wildman–Crippen MR) is 97.3 cm³/mol. The van der Waals surface area contributed by atoms with Crippen LogP contribution in [-0.2, 0) is 9.59 Å². The third kappa shape index (κ3) is 4.26. The molecule has 0 unspecified atom stereocenters. The second-order valence-corrected chi connectivity index (χ2v) is 7.84. The molecule has 7 heteroatoms. The summed E-state index contributed by atoms with van der Waals surface area (Å²) in [5, 5.41) is 9.03. The number of aliphatic hydroxyl groups is 1. The lowest BCUT2D eigenvalue weighted by Gasteiger charge is -2.47. The number of carbonyl (C=O) groups excluding carboxylic acids is 2. The van der Waals surface area contributed by atoms with Gasteiger partial charge in [0.2, 0.25) is 11.8 Å². The predicted octanol–water partition coefficient (Wildman–Crippen LogP) is 1.45. The Kier molecular flexibility index (Phi) is 5.96. The highest BCUT2D eigenvalue weighted by Crippen LogP contribution is 2.40. The monoisotopic (exact) mass is 362 g/mol. The van der Waals surface area contributed by atoms with Gasteiger partial charge in [0.1, 0.15) is 0 Å². The van der Waals surface area contributed by atoms with E-state index in [0.29, 0.717) is 25.8 Å². The van der Waals surface area contributed by atoms with Gasteiger partial charge in [-0.25, -0.2) is 4.98 Å². The molecule has 0 aromatic carbocycles. The van der Waals surface area contributed by atoms with Gasteiger partial charge in [-0.15, -0.1) is 0 Å². The van der Waals surface area contributed by atoms with Crippen molar-refractivity contribution in [1.29, 1.82) is 0 Å². The maximum absolute atomic E-state index is 12.6. The lowest BCUT2D eigenvalue weighted by atomic mass is 9.72. The first kappa shape index (κ1) is 18.9. The van der Waals surface area contributed by atoms with E-state index in [1.807, 2.05) is 27.5 Å². The Labute approximate surface area is 155 Å². The summed E-state index contributed by atoms with van der Waals surface area (Å²) in [6.45, 7) is 5.13. The quantitative estimate of drug-likeness (QED) is 0.831. The highest BCUT2D eigenvalue weighted by Gasteiger charge is 2.41. The van der Waals surface area contributed by atoms with E-state index in [0.717, 1.165) is 38.9 Å². The topological polar surface area (TPSA) is 78.7 Å². The van der Waals surface area contributed by atoms with E-state index in [2.05, 4.69) is 4.98 Å². The smallest absolute Gasteiger partial charge is 0.224 e. The summed E-state index contributed by atoms with van der Waals surface area (Å²) in [5.74, 6) is 0.404. The zero-order chi connectivity index (χ0) is 18.6. The number of aromatic nitrogens is 2. The molecule has 1 aromatic rings. The van der Waals surface area contributed by atoms with E-state index >= 15 is 0 Å². The normalized spacial score (nSPS) is 21.2. The van der Waals surface area contributed by atoms with Gasteiger partial charge in [-0.2, -0.15) is 0 Å². The standard InChI is InChI=1S/C19H30N4O3/c1-16(23-11-7-20-15-23)13-18(26)21-9-5-19(6-10-21)4-3-17(25)22(14-19)8-2-12-24/h7,11,15-16,24H,2-6,8-10,12-14H2,1H3/t16-/m0/s1. The zero-order valence-electron chi connectivity index (χ0n) is 15.6. The Bertz CT molecular complexity index is 608. The average Bonchev–Trinajstić information content (AvgIpc) is 3.18. The number of carbonyl (C=O) groups is 2. The first-order valence-corrected chi connectivity index (χ1v) is 9.67. The Hall–Kier alpha value is -1.89. The molecule has 2 aliphatic rings. The molecule has 3 rings (SSSR count). The van der Waals surface area contributed by atoms with E-state index in [9.17, 15) is 9.59 Å². The van der Waals surface area contributed by atoms with Crippen molar-refractivity contribution in [3.05, 3.63) is 18.7 Å². The van der Waals surface area contributed by atoms with Crippen molar-refractivity contribution in [1.82, 2.24) is 19.4 Å². The highest BCUT2D eigenvalue weighted by atomic mass is 16.3. The number of hydrogen-bond donors (Lipinski definition) is 1. The van der Waals surface area contributed by atoms with Crippen LogP contribution in [0.15, 0.2) is 18.7 Å². The van der Waals surface area contributed by atoms with E-state index < -0.39 is 0 Å². The van der Waals surface area contributed by atoms with Gasteiger partial charge in [-0.1, -0.05) is 0 Å². The van der Waals surface area contributed by atoms with Crippen molar-refractivity contribution in [3.8, 4) is 0 Å². The number of likely N-dealkylation sites (tertiary alicyclic amines) is 2. The SMILES string of the molecule is C[C@@H](CC(=O)N1CCC2(CCC(=O)N(CCCO)C2)CC1)n1ccnc1. The van der Waals surface area contributed by atoms with Crippen molar-refractivity contribution in [2.75, 3.05) is 32.8 Å². The molecule has 1 spiro atoms. The number of aliphatic hydroxyl groups excluding tert-OH is 1. The molecule has 3 heterocycles. The molecule has 2 amide bonds. The van der Waals surface area contributed by atoms with Crippen LogP contribution >= 0.6 is 0 Å². The van der Waals surface area contributed by atoms with Gasteiger partial charge >= 0.3 is 0 Å². The molecule has 2 aliphatic heterocycles. The Balaban J connectivity index is 1.51. The van der Waals surface area contributed by atoms with Gasteiger partial charge in [0, 0.05) is 64.1 Å². The van der Waals surface area contributed by atoms with E-state index in [1.165, 1.54) is 0 Å². The largest absolute Gasteiger partial charge is 0.396 e. The van der Waals surface area contributed by atoms with Crippen LogP contribution in [-0.4, -0.2) is 69.1 Å². The lowest BCUT2D eigenvalue weighted by molar-refractivity contribution is -0.142. The fourth-order valence-electron chi connectivity index (χ4n) is 4.22. The molecule has 1 N–H and O–H groups in total. The van der Waals surface area contributed by atoms with E-state index in [1.54, 1.807) is 12.5 Å². The summed E-state index contributed by atoms with van der Waals surface area (Å²) < 4.78 is 1.97. The minimum atomic E-state index is 0.113. The van der Waals surface area contributed by atoms with Crippen molar-refractivity contribution < 1.29 is 14.7 Å². The first-order valence-electron chi connectivity index (χ1n) is 9.67. The maximum atomic E-state index is 12.6. The van der Waals surface area contributed by atoms with Crippen LogP contribution in [0.4, 0.5) is 0 Å². The number of piperidine rings is 2. The van der Waals surface area contributed by atoms with Crippen LogP contribution in [0.25, 0.3) is 0 Å². The highest BCUT2D eigenvalue weighted by molar-refractivity contribution is 5.78. The number of imidazole rings is 1. The van der Waals surface area contributed by atoms with Gasteiger partial charge in [-0.3, -0.25) is 9.59 Å². The van der Waals surface area contributed by atoms with Gasteiger partial charge < -0.3 is 19.5 Å². The molecule has 144 valence electrons. The van der Waals surface area contributed by atoms with Gasteiger partial charge in [0.15, 0.2) is 0 Å². The van der Waals surface area contributed by atoms with Gasteiger partial charge in [-0.05, 0) is 38.0 Å². The summed E-state index contributed by atoms with van der Waals surface area (Å²) in [7, 11) is 0. The van der Waals surface area contributed by atoms with Crippen LogP contribution in [0.5, 0.6) is 0 Å². The second-order valence-electron chi connectivity index (χ2n) is 7.84. The third-order valence-corrected chi connectivity index (χ3v) is 6.01. The van der Waals surface area contributed by atoms with Gasteiger partial charge in [0.25, 0.3) is 0 Å². The van der Waals surface area contributed by atoms with Crippen LogP contribution in [0.2, 0.25) is 0 Å². The molecule has 0 radical (unpaired) electrons. The zero-order valence-corrected chi connectivity index (χ0v) is 15.6. The minimum absolute atomic E-state index is 0.113. The Morgan fingerprint density at radius 1 is 1.35 bits per heavy atom. The third-order valence-electron chi connectivity index (χ3n) is 6.01. The molecule has 1 atom stereocenters. The van der Waals surface area contributed by atoms with Crippen molar-refractivity contribution >= 4 is 11.8 Å². The molecular weight excluding hydrogens is 332 g/mol. The molecule has 2 fully saturated rings. The Morgan fingerprint density at radius 3 is 2.77 bits per heavy atom. The first-order chi connectivity index (χ1) is 12.5. The van der Waals surface area contributed by atoms with E-state index in [4.69, 9.17) is 5.11 Å². The minimum Gasteiger partial charge on any atom is -0.396 e. The van der Waals surface area contributed by atoms with Gasteiger partial charge in [0.05, 0.1) is 6.33 Å². The molecule has 2 saturated heterocycles. The van der Waals surface area contributed by atoms with E-state index in [-0.39, 0.29) is 29.9 Å².